The number of carbonyl (C=O) groups is 1. The first-order valence-corrected chi connectivity index (χ1v) is 6.44. The van der Waals surface area contributed by atoms with E-state index in [9.17, 15) is 9.59 Å². The molecule has 1 aromatic heterocycles. The molecule has 0 saturated carbocycles. The van der Waals surface area contributed by atoms with E-state index < -0.39 is 0 Å². The third kappa shape index (κ3) is 2.56. The SMILES string of the molecule is O=C1CCCN(Cc2nc3ccccc3c(=O)[nH]2)C1. The zero-order chi connectivity index (χ0) is 13.2. The van der Waals surface area contributed by atoms with Crippen molar-refractivity contribution >= 4 is 16.7 Å². The second-order valence-electron chi connectivity index (χ2n) is 4.88. The van der Waals surface area contributed by atoms with Crippen LogP contribution < -0.4 is 5.56 Å². The maximum atomic E-state index is 11.9. The van der Waals surface area contributed by atoms with Gasteiger partial charge in [-0.15, -0.1) is 0 Å². The van der Waals surface area contributed by atoms with Crippen molar-refractivity contribution in [1.29, 1.82) is 0 Å². The van der Waals surface area contributed by atoms with Crippen molar-refractivity contribution in [2.24, 2.45) is 0 Å². The van der Waals surface area contributed by atoms with Crippen LogP contribution in [0.2, 0.25) is 0 Å². The van der Waals surface area contributed by atoms with E-state index >= 15 is 0 Å². The number of aromatic amines is 1. The smallest absolute Gasteiger partial charge is 0.258 e. The molecule has 0 unspecified atom stereocenters. The number of aromatic nitrogens is 2. The van der Waals surface area contributed by atoms with Crippen LogP contribution in [0, 0.1) is 0 Å². The van der Waals surface area contributed by atoms with Gasteiger partial charge >= 0.3 is 0 Å². The quantitative estimate of drug-likeness (QED) is 0.874. The maximum Gasteiger partial charge on any atom is 0.258 e. The third-order valence-electron chi connectivity index (χ3n) is 3.37. The third-order valence-corrected chi connectivity index (χ3v) is 3.37. The number of hydrogen-bond donors (Lipinski definition) is 1. The maximum absolute atomic E-state index is 11.9. The van der Waals surface area contributed by atoms with E-state index in [1.165, 1.54) is 0 Å². The molecule has 1 N–H and O–H groups in total. The lowest BCUT2D eigenvalue weighted by atomic mass is 10.1. The Bertz CT molecular complexity index is 678. The van der Waals surface area contributed by atoms with Crippen molar-refractivity contribution in [2.75, 3.05) is 13.1 Å². The Kier molecular flexibility index (Phi) is 3.13. The number of fused-ring (bicyclic) bond motifs is 1. The van der Waals surface area contributed by atoms with Gasteiger partial charge in [-0.2, -0.15) is 0 Å². The molecule has 3 rings (SSSR count). The summed E-state index contributed by atoms with van der Waals surface area (Å²) < 4.78 is 0. The van der Waals surface area contributed by atoms with E-state index in [1.54, 1.807) is 6.07 Å². The molecule has 1 aliphatic rings. The molecule has 0 aliphatic carbocycles. The lowest BCUT2D eigenvalue weighted by molar-refractivity contribution is -0.122. The van der Waals surface area contributed by atoms with E-state index in [1.807, 2.05) is 23.1 Å². The topological polar surface area (TPSA) is 66.1 Å². The minimum absolute atomic E-state index is 0.121. The lowest BCUT2D eigenvalue weighted by Crippen LogP contribution is -2.36. The highest BCUT2D eigenvalue weighted by molar-refractivity contribution is 5.81. The molecule has 0 bridgehead atoms. The number of rotatable bonds is 2. The molecule has 0 amide bonds. The van der Waals surface area contributed by atoms with Crippen LogP contribution in [0.5, 0.6) is 0 Å². The number of nitrogens with one attached hydrogen (secondary N) is 1. The van der Waals surface area contributed by atoms with Gasteiger partial charge < -0.3 is 4.98 Å². The molecule has 19 heavy (non-hydrogen) atoms. The van der Waals surface area contributed by atoms with Gasteiger partial charge in [-0.05, 0) is 25.1 Å². The van der Waals surface area contributed by atoms with Gasteiger partial charge in [-0.25, -0.2) is 4.98 Å². The number of para-hydroxylation sites is 1. The molecule has 0 radical (unpaired) electrons. The van der Waals surface area contributed by atoms with E-state index in [4.69, 9.17) is 0 Å². The molecule has 5 nitrogen and oxygen atoms in total. The Labute approximate surface area is 110 Å². The van der Waals surface area contributed by atoms with E-state index in [2.05, 4.69) is 9.97 Å². The largest absolute Gasteiger partial charge is 0.309 e. The zero-order valence-corrected chi connectivity index (χ0v) is 10.6. The van der Waals surface area contributed by atoms with Crippen LogP contribution in [-0.4, -0.2) is 33.7 Å². The fourth-order valence-corrected chi connectivity index (χ4v) is 2.46. The Hall–Kier alpha value is -2.01. The molecular formula is C14H15N3O2. The van der Waals surface area contributed by atoms with Gasteiger partial charge in [0.25, 0.3) is 5.56 Å². The fourth-order valence-electron chi connectivity index (χ4n) is 2.46. The monoisotopic (exact) mass is 257 g/mol. The van der Waals surface area contributed by atoms with Crippen LogP contribution >= 0.6 is 0 Å². The molecule has 2 heterocycles. The van der Waals surface area contributed by atoms with Crippen molar-refractivity contribution in [2.45, 2.75) is 19.4 Å². The molecule has 5 heteroatoms. The van der Waals surface area contributed by atoms with E-state index in [-0.39, 0.29) is 11.3 Å². The second-order valence-corrected chi connectivity index (χ2v) is 4.88. The molecule has 0 spiro atoms. The summed E-state index contributed by atoms with van der Waals surface area (Å²) in [5.74, 6) is 0.882. The first kappa shape index (κ1) is 12.0. The van der Waals surface area contributed by atoms with Crippen LogP contribution in [0.1, 0.15) is 18.7 Å². The van der Waals surface area contributed by atoms with Crippen LogP contribution in [0.15, 0.2) is 29.1 Å². The van der Waals surface area contributed by atoms with Gasteiger partial charge in [0.1, 0.15) is 11.6 Å². The molecular weight excluding hydrogens is 242 g/mol. The number of hydrogen-bond acceptors (Lipinski definition) is 4. The Morgan fingerprint density at radius 2 is 2.11 bits per heavy atom. The second kappa shape index (κ2) is 4.93. The summed E-state index contributed by atoms with van der Waals surface area (Å²) in [6.45, 7) is 1.85. The number of piperidine rings is 1. The number of nitrogens with zero attached hydrogens (tertiary/aromatic N) is 2. The van der Waals surface area contributed by atoms with Gasteiger partial charge in [-0.1, -0.05) is 12.1 Å². The van der Waals surface area contributed by atoms with Crippen LogP contribution in [0.3, 0.4) is 0 Å². The molecule has 1 saturated heterocycles. The summed E-state index contributed by atoms with van der Waals surface area (Å²) in [7, 11) is 0. The standard InChI is InChI=1S/C14H15N3O2/c18-10-4-3-7-17(8-10)9-13-15-12-6-2-1-5-11(12)14(19)16-13/h1-2,5-6H,3-4,7-9H2,(H,15,16,19). The average Bonchev–Trinajstić information content (AvgIpc) is 2.39. The number of H-pyrrole nitrogens is 1. The number of likely N-dealkylation sites (tertiary alicyclic amines) is 1. The van der Waals surface area contributed by atoms with Gasteiger partial charge in [0.15, 0.2) is 0 Å². The number of Topliss-reactive ketones (excluding diaryl/α,β-unsaturated/α-hetero) is 1. The Morgan fingerprint density at radius 3 is 2.95 bits per heavy atom. The minimum atomic E-state index is -0.121. The summed E-state index contributed by atoms with van der Waals surface area (Å²) >= 11 is 0. The molecule has 98 valence electrons. The minimum Gasteiger partial charge on any atom is -0.309 e. The highest BCUT2D eigenvalue weighted by Gasteiger charge is 2.17. The molecule has 1 fully saturated rings. The summed E-state index contributed by atoms with van der Waals surface area (Å²) in [6.07, 6.45) is 1.55. The predicted molar refractivity (Wildman–Crippen MR) is 71.9 cm³/mol. The van der Waals surface area contributed by atoms with Crippen LogP contribution in [0.25, 0.3) is 10.9 Å². The Balaban J connectivity index is 1.89. The van der Waals surface area contributed by atoms with Crippen molar-refractivity contribution in [3.8, 4) is 0 Å². The van der Waals surface area contributed by atoms with Gasteiger partial charge in [0, 0.05) is 6.42 Å². The number of ketones is 1. The van der Waals surface area contributed by atoms with Crippen LogP contribution in [-0.2, 0) is 11.3 Å². The highest BCUT2D eigenvalue weighted by atomic mass is 16.1. The van der Waals surface area contributed by atoms with Crippen LogP contribution in [0.4, 0.5) is 0 Å². The number of benzene rings is 1. The van der Waals surface area contributed by atoms with Gasteiger partial charge in [0.2, 0.25) is 0 Å². The molecule has 1 aliphatic heterocycles. The van der Waals surface area contributed by atoms with Crippen molar-refractivity contribution in [3.05, 3.63) is 40.4 Å². The van der Waals surface area contributed by atoms with Crippen molar-refractivity contribution in [1.82, 2.24) is 14.9 Å². The van der Waals surface area contributed by atoms with E-state index in [0.29, 0.717) is 36.2 Å². The van der Waals surface area contributed by atoms with Gasteiger partial charge in [-0.3, -0.25) is 14.5 Å². The normalized spacial score (nSPS) is 16.9. The lowest BCUT2D eigenvalue weighted by Gasteiger charge is -2.24. The predicted octanol–water partition coefficient (Wildman–Crippen LogP) is 1.09. The first-order valence-electron chi connectivity index (χ1n) is 6.44. The fraction of sp³-hybridized carbons (Fsp3) is 0.357. The molecule has 1 aromatic carbocycles. The van der Waals surface area contributed by atoms with E-state index in [0.717, 1.165) is 13.0 Å². The summed E-state index contributed by atoms with van der Waals surface area (Å²) in [5, 5.41) is 0.598. The van der Waals surface area contributed by atoms with Crippen molar-refractivity contribution in [3.63, 3.8) is 0 Å². The Morgan fingerprint density at radius 1 is 1.26 bits per heavy atom. The number of carbonyl (C=O) groups excluding carboxylic acids is 1. The highest BCUT2D eigenvalue weighted by Crippen LogP contribution is 2.10. The first-order chi connectivity index (χ1) is 9.22. The average molecular weight is 257 g/mol. The molecule has 2 aromatic rings. The zero-order valence-electron chi connectivity index (χ0n) is 10.6. The summed E-state index contributed by atoms with van der Waals surface area (Å²) in [6, 6.07) is 7.27. The summed E-state index contributed by atoms with van der Waals surface area (Å²) in [5.41, 5.74) is 0.577. The van der Waals surface area contributed by atoms with Crippen molar-refractivity contribution < 1.29 is 4.79 Å². The van der Waals surface area contributed by atoms with Gasteiger partial charge in [0.05, 0.1) is 24.0 Å². The molecule has 0 atom stereocenters. The summed E-state index contributed by atoms with van der Waals surface area (Å²) in [4.78, 5) is 32.6.